The summed E-state index contributed by atoms with van der Waals surface area (Å²) in [5.74, 6) is 0. The number of nitrogens with zero attached hydrogens (tertiary/aromatic N) is 3. The van der Waals surface area contributed by atoms with Crippen LogP contribution in [0.2, 0.25) is 0 Å². The van der Waals surface area contributed by atoms with Crippen molar-refractivity contribution in [1.82, 2.24) is 14.6 Å². The van der Waals surface area contributed by atoms with Crippen LogP contribution in [0, 0.1) is 0 Å². The maximum absolute atomic E-state index is 11.5. The number of hydrogen-bond acceptors (Lipinski definition) is 3. The van der Waals surface area contributed by atoms with Crippen molar-refractivity contribution in [3.05, 3.63) is 59.9 Å². The highest BCUT2D eigenvalue weighted by Gasteiger charge is 2.11. The smallest absolute Gasteiger partial charge is 0.359 e. The van der Waals surface area contributed by atoms with Crippen LogP contribution in [-0.4, -0.2) is 25.4 Å². The molecule has 1 unspecified atom stereocenters. The maximum Gasteiger partial charge on any atom is 0.359 e. The number of aromatic nitrogens is 3. The van der Waals surface area contributed by atoms with Crippen molar-refractivity contribution in [2.45, 2.75) is 11.6 Å². The number of hydrogen-bond donors (Lipinski definition) is 0. The summed E-state index contributed by atoms with van der Waals surface area (Å²) in [7, 11) is 0. The van der Waals surface area contributed by atoms with E-state index in [4.69, 9.17) is 0 Å². The molecule has 0 amide bonds. The molecule has 0 radical (unpaired) electrons. The van der Waals surface area contributed by atoms with Crippen LogP contribution < -0.4 is 0 Å². The Labute approximate surface area is 114 Å². The molecule has 0 fully saturated rings. The first-order valence-corrected chi connectivity index (χ1v) is 7.51. The van der Waals surface area contributed by atoms with Gasteiger partial charge in [-0.05, 0) is 17.7 Å². The molecule has 0 aliphatic carbocycles. The third kappa shape index (κ3) is 2.47. The van der Waals surface area contributed by atoms with Gasteiger partial charge in [0.25, 0.3) is 0 Å². The predicted octanol–water partition coefficient (Wildman–Crippen LogP) is 2.06. The minimum absolute atomic E-state index is 0.359. The van der Waals surface area contributed by atoms with Crippen molar-refractivity contribution in [3.63, 3.8) is 0 Å². The zero-order valence-electron chi connectivity index (χ0n) is 10.5. The third-order valence-electron chi connectivity index (χ3n) is 2.94. The summed E-state index contributed by atoms with van der Waals surface area (Å²) in [5, 5.41) is 4.70. The van der Waals surface area contributed by atoms with Gasteiger partial charge in [0.05, 0.1) is 11.7 Å². The first-order chi connectivity index (χ1) is 9.24. The van der Waals surface area contributed by atoms with Crippen LogP contribution >= 0.6 is 0 Å². The minimum Gasteiger partial charge on any atom is -0.609 e. The molecule has 4 nitrogen and oxygen atoms in total. The quantitative estimate of drug-likeness (QED) is 0.685. The molecule has 1 aromatic carbocycles. The van der Waals surface area contributed by atoms with Crippen molar-refractivity contribution in [2.75, 3.05) is 6.26 Å². The fourth-order valence-electron chi connectivity index (χ4n) is 2.01. The van der Waals surface area contributed by atoms with E-state index < -0.39 is 11.2 Å². The molecule has 0 saturated carbocycles. The molecule has 3 aromatic rings. The van der Waals surface area contributed by atoms with E-state index in [0.717, 1.165) is 17.6 Å². The molecule has 5 heteroatoms. The van der Waals surface area contributed by atoms with Gasteiger partial charge < -0.3 is 4.55 Å². The predicted molar refractivity (Wildman–Crippen MR) is 74.6 cm³/mol. The van der Waals surface area contributed by atoms with Crippen LogP contribution in [0.4, 0.5) is 0 Å². The molecule has 2 heterocycles. The Hall–Kier alpha value is -1.85. The first-order valence-electron chi connectivity index (χ1n) is 5.95. The summed E-state index contributed by atoms with van der Waals surface area (Å²) in [6.45, 7) is 0. The molecule has 96 valence electrons. The van der Waals surface area contributed by atoms with Gasteiger partial charge in [0.1, 0.15) is 6.26 Å². The number of benzene rings is 1. The molecule has 3 rings (SSSR count). The van der Waals surface area contributed by atoms with E-state index >= 15 is 0 Å². The Kier molecular flexibility index (Phi) is 3.23. The Morgan fingerprint density at radius 2 is 1.95 bits per heavy atom. The molecular weight excluding hydrogens is 258 g/mol. The third-order valence-corrected chi connectivity index (χ3v) is 3.64. The molecule has 0 spiro atoms. The van der Waals surface area contributed by atoms with Crippen LogP contribution in [0.25, 0.3) is 5.52 Å². The van der Waals surface area contributed by atoms with Crippen LogP contribution in [0.1, 0.15) is 11.3 Å². The molecule has 1 atom stereocenters. The van der Waals surface area contributed by atoms with Crippen molar-refractivity contribution < 1.29 is 4.55 Å². The highest BCUT2D eigenvalue weighted by Crippen LogP contribution is 2.14. The van der Waals surface area contributed by atoms with Gasteiger partial charge in [-0.3, -0.25) is 0 Å². The summed E-state index contributed by atoms with van der Waals surface area (Å²) >= 11 is -1.17. The first kappa shape index (κ1) is 12.2. The second-order valence-corrected chi connectivity index (χ2v) is 5.59. The standard InChI is InChI=1S/C14H13N3OS/c1-19(18)14-15-10-13-8-7-12(17(13)16-14)9-11-5-3-2-4-6-11/h2-8,10H,9H2,1H3. The highest BCUT2D eigenvalue weighted by molar-refractivity contribution is 7.90. The highest BCUT2D eigenvalue weighted by atomic mass is 32.2. The Balaban J connectivity index is 2.02. The van der Waals surface area contributed by atoms with E-state index in [1.54, 1.807) is 12.5 Å². The second-order valence-electron chi connectivity index (χ2n) is 4.32. The topological polar surface area (TPSA) is 53.2 Å². The largest absolute Gasteiger partial charge is 0.609 e. The summed E-state index contributed by atoms with van der Waals surface area (Å²) in [5.41, 5.74) is 3.20. The lowest BCUT2D eigenvalue weighted by atomic mass is 10.1. The zero-order valence-corrected chi connectivity index (χ0v) is 11.3. The van der Waals surface area contributed by atoms with Crippen molar-refractivity contribution >= 4 is 16.7 Å². The van der Waals surface area contributed by atoms with Crippen LogP contribution in [0.5, 0.6) is 0 Å². The molecule has 2 aromatic heterocycles. The second kappa shape index (κ2) is 5.03. The van der Waals surface area contributed by atoms with E-state index in [9.17, 15) is 4.55 Å². The van der Waals surface area contributed by atoms with Crippen LogP contribution in [0.15, 0.2) is 53.8 Å². The summed E-state index contributed by atoms with van der Waals surface area (Å²) in [6.07, 6.45) is 4.08. The van der Waals surface area contributed by atoms with Gasteiger partial charge >= 0.3 is 5.16 Å². The summed E-state index contributed by atoms with van der Waals surface area (Å²) in [4.78, 5) is 4.09. The van der Waals surface area contributed by atoms with E-state index in [1.807, 2.05) is 34.8 Å². The summed E-state index contributed by atoms with van der Waals surface area (Å²) < 4.78 is 13.3. The van der Waals surface area contributed by atoms with E-state index in [1.165, 1.54) is 5.56 Å². The molecule has 0 aliphatic rings. The Morgan fingerprint density at radius 3 is 2.68 bits per heavy atom. The van der Waals surface area contributed by atoms with Crippen molar-refractivity contribution in [3.8, 4) is 0 Å². The lowest BCUT2D eigenvalue weighted by molar-refractivity contribution is 0.585. The molecule has 0 bridgehead atoms. The normalized spacial score (nSPS) is 12.7. The van der Waals surface area contributed by atoms with Gasteiger partial charge in [-0.2, -0.15) is 4.98 Å². The van der Waals surface area contributed by atoms with Gasteiger partial charge in [0.15, 0.2) is 0 Å². The molecule has 0 saturated heterocycles. The SMILES string of the molecule is C[S+]([O-])c1ncc2ccc(Cc3ccccc3)n2n1. The zero-order chi connectivity index (χ0) is 13.2. The lowest BCUT2D eigenvalue weighted by Crippen LogP contribution is -2.09. The van der Waals surface area contributed by atoms with E-state index in [2.05, 4.69) is 22.2 Å². The lowest BCUT2D eigenvalue weighted by Gasteiger charge is -2.05. The van der Waals surface area contributed by atoms with Crippen LogP contribution in [-0.2, 0) is 17.6 Å². The molecular formula is C14H13N3OS. The van der Waals surface area contributed by atoms with Crippen LogP contribution in [0.3, 0.4) is 0 Å². The molecule has 19 heavy (non-hydrogen) atoms. The van der Waals surface area contributed by atoms with Gasteiger partial charge in [-0.15, -0.1) is 0 Å². The average molecular weight is 271 g/mol. The van der Waals surface area contributed by atoms with Crippen molar-refractivity contribution in [1.29, 1.82) is 0 Å². The summed E-state index contributed by atoms with van der Waals surface area (Å²) in [6, 6.07) is 14.2. The fourth-order valence-corrected chi connectivity index (χ4v) is 2.41. The Morgan fingerprint density at radius 1 is 1.16 bits per heavy atom. The molecule has 0 N–H and O–H groups in total. The Bertz CT molecular complexity index is 694. The number of rotatable bonds is 3. The van der Waals surface area contributed by atoms with Gasteiger partial charge in [0.2, 0.25) is 0 Å². The minimum atomic E-state index is -1.17. The van der Waals surface area contributed by atoms with Crippen molar-refractivity contribution in [2.24, 2.45) is 0 Å². The maximum atomic E-state index is 11.5. The molecule has 0 aliphatic heterocycles. The number of fused-ring (bicyclic) bond motifs is 1. The average Bonchev–Trinajstić information content (AvgIpc) is 2.82. The van der Waals surface area contributed by atoms with Gasteiger partial charge in [-0.1, -0.05) is 35.4 Å². The fraction of sp³-hybridized carbons (Fsp3) is 0.143. The van der Waals surface area contributed by atoms with E-state index in [0.29, 0.717) is 5.16 Å². The monoisotopic (exact) mass is 271 g/mol. The van der Waals surface area contributed by atoms with E-state index in [-0.39, 0.29) is 0 Å². The van der Waals surface area contributed by atoms with Gasteiger partial charge in [-0.25, -0.2) is 4.52 Å². The van der Waals surface area contributed by atoms with Gasteiger partial charge in [0, 0.05) is 23.3 Å².